The molecule has 1 aliphatic heterocycles. The summed E-state index contributed by atoms with van der Waals surface area (Å²) >= 11 is 1.26. The van der Waals surface area contributed by atoms with E-state index in [0.29, 0.717) is 32.1 Å². The van der Waals surface area contributed by atoms with Gasteiger partial charge in [-0.15, -0.1) is 0 Å². The van der Waals surface area contributed by atoms with Crippen molar-refractivity contribution in [1.29, 1.82) is 5.26 Å². The van der Waals surface area contributed by atoms with Crippen LogP contribution in [0.2, 0.25) is 0 Å². The molecule has 1 atom stereocenters. The van der Waals surface area contributed by atoms with E-state index in [1.54, 1.807) is 37.7 Å². The van der Waals surface area contributed by atoms with E-state index in [1.165, 1.54) is 11.3 Å². The SMILES string of the molecule is CCOC(=O)C1=C(C)N=c2s/c(=C/c3c(C)n(CC#N)c4ccccc34)c(=O)n2[C@H]1c1ccc(OC(C)C)c(OC)c1. The smallest absolute Gasteiger partial charge is 0.338 e. The number of thiazole rings is 1. The van der Waals surface area contributed by atoms with E-state index in [1.807, 2.05) is 61.7 Å². The fourth-order valence-corrected chi connectivity index (χ4v) is 6.39. The van der Waals surface area contributed by atoms with E-state index < -0.39 is 12.0 Å². The molecule has 0 aliphatic carbocycles. The summed E-state index contributed by atoms with van der Waals surface area (Å²) in [4.78, 5) is 32.6. The fourth-order valence-electron chi connectivity index (χ4n) is 5.36. The number of ether oxygens (including phenoxy) is 3. The fraction of sp³-hybridized carbons (Fsp3) is 0.312. The van der Waals surface area contributed by atoms with Crippen LogP contribution in [0, 0.1) is 18.3 Å². The van der Waals surface area contributed by atoms with Crippen LogP contribution in [0.4, 0.5) is 0 Å². The first-order chi connectivity index (χ1) is 20.2. The first kappa shape index (κ1) is 28.9. The summed E-state index contributed by atoms with van der Waals surface area (Å²) in [6.07, 6.45) is 1.79. The van der Waals surface area contributed by atoms with Gasteiger partial charge in [-0.3, -0.25) is 9.36 Å². The monoisotopic (exact) mass is 584 g/mol. The molecule has 0 bridgehead atoms. The van der Waals surface area contributed by atoms with Crippen molar-refractivity contribution in [2.24, 2.45) is 4.99 Å². The second kappa shape index (κ2) is 11.7. The van der Waals surface area contributed by atoms with Gasteiger partial charge in [0.25, 0.3) is 5.56 Å². The summed E-state index contributed by atoms with van der Waals surface area (Å²) in [6, 6.07) is 14.7. The number of hydrogen-bond donors (Lipinski definition) is 0. The van der Waals surface area contributed by atoms with Crippen LogP contribution in [0.15, 0.2) is 63.5 Å². The van der Waals surface area contributed by atoms with Gasteiger partial charge in [-0.2, -0.15) is 5.26 Å². The normalized spacial score (nSPS) is 15.0. The molecule has 42 heavy (non-hydrogen) atoms. The first-order valence-corrected chi connectivity index (χ1v) is 14.5. The van der Waals surface area contributed by atoms with E-state index >= 15 is 0 Å². The molecule has 0 fully saturated rings. The molecule has 1 aliphatic rings. The minimum Gasteiger partial charge on any atom is -0.493 e. The molecule has 0 saturated heterocycles. The van der Waals surface area contributed by atoms with Gasteiger partial charge >= 0.3 is 5.97 Å². The minimum atomic E-state index is -0.787. The zero-order valence-corrected chi connectivity index (χ0v) is 25.2. The van der Waals surface area contributed by atoms with E-state index in [0.717, 1.165) is 22.2 Å². The van der Waals surface area contributed by atoms with Crippen molar-refractivity contribution < 1.29 is 19.0 Å². The van der Waals surface area contributed by atoms with Crippen LogP contribution in [0.1, 0.15) is 50.6 Å². The van der Waals surface area contributed by atoms with Gasteiger partial charge in [0.1, 0.15) is 6.54 Å². The lowest BCUT2D eigenvalue weighted by Gasteiger charge is -2.25. The molecule has 2 aromatic heterocycles. The summed E-state index contributed by atoms with van der Waals surface area (Å²) in [5.74, 6) is 0.517. The standard InChI is InChI=1S/C32H32N4O5S/c1-7-40-31(38)28-19(4)34-32-36(29(28)21-12-13-25(41-18(2)3)26(16-21)39-6)30(37)27(42-32)17-23-20(5)35(15-14-33)24-11-9-8-10-22(23)24/h8-13,16-18,29H,7,15H2,1-6H3/b27-17+/t29-/m0/s1. The summed E-state index contributed by atoms with van der Waals surface area (Å²) in [6.45, 7) is 9.67. The van der Waals surface area contributed by atoms with Crippen LogP contribution < -0.4 is 24.4 Å². The second-order valence-corrected chi connectivity index (χ2v) is 11.1. The van der Waals surface area contributed by atoms with Crippen molar-refractivity contribution >= 4 is 34.3 Å². The molecule has 5 rings (SSSR count). The molecule has 3 heterocycles. The number of hydrogen-bond acceptors (Lipinski definition) is 8. The van der Waals surface area contributed by atoms with Crippen LogP contribution in [-0.2, 0) is 16.1 Å². The van der Waals surface area contributed by atoms with Crippen molar-refractivity contribution in [3.05, 3.63) is 90.2 Å². The van der Waals surface area contributed by atoms with E-state index in [4.69, 9.17) is 14.2 Å². The largest absolute Gasteiger partial charge is 0.493 e. The van der Waals surface area contributed by atoms with Crippen molar-refractivity contribution in [2.75, 3.05) is 13.7 Å². The Morgan fingerprint density at radius 1 is 1.19 bits per heavy atom. The summed E-state index contributed by atoms with van der Waals surface area (Å²) < 4.78 is 20.9. The van der Waals surface area contributed by atoms with Crippen LogP contribution >= 0.6 is 11.3 Å². The van der Waals surface area contributed by atoms with Crippen LogP contribution in [-0.4, -0.2) is 34.9 Å². The number of nitriles is 1. The number of carbonyl (C=O) groups excluding carboxylic acids is 1. The number of allylic oxidation sites excluding steroid dienone is 1. The maximum atomic E-state index is 14.2. The van der Waals surface area contributed by atoms with E-state index in [-0.39, 0.29) is 30.4 Å². The first-order valence-electron chi connectivity index (χ1n) is 13.7. The molecule has 4 aromatic rings. The molecule has 2 aromatic carbocycles. The molecule has 0 saturated carbocycles. The average molecular weight is 585 g/mol. The maximum Gasteiger partial charge on any atom is 0.338 e. The maximum absolute atomic E-state index is 14.2. The Balaban J connectivity index is 1.75. The van der Waals surface area contributed by atoms with E-state index in [2.05, 4.69) is 11.1 Å². The number of benzene rings is 2. The molecular formula is C32H32N4O5S. The Kier molecular flexibility index (Phi) is 8.05. The molecule has 9 nitrogen and oxygen atoms in total. The molecular weight excluding hydrogens is 552 g/mol. The van der Waals surface area contributed by atoms with Crippen LogP contribution in [0.5, 0.6) is 11.5 Å². The molecule has 0 amide bonds. The molecule has 10 heteroatoms. The zero-order chi connectivity index (χ0) is 30.1. The Morgan fingerprint density at radius 3 is 2.64 bits per heavy atom. The number of para-hydroxylation sites is 1. The molecule has 0 radical (unpaired) electrons. The minimum absolute atomic E-state index is 0.0674. The average Bonchev–Trinajstić information content (AvgIpc) is 3.41. The van der Waals surface area contributed by atoms with Gasteiger partial charge < -0.3 is 18.8 Å². The van der Waals surface area contributed by atoms with Crippen molar-refractivity contribution in [3.63, 3.8) is 0 Å². The quantitative estimate of drug-likeness (QED) is 0.285. The molecule has 0 unspecified atom stereocenters. The molecule has 0 spiro atoms. The Bertz CT molecular complexity index is 1950. The van der Waals surface area contributed by atoms with Crippen molar-refractivity contribution in [3.8, 4) is 17.6 Å². The highest BCUT2D eigenvalue weighted by molar-refractivity contribution is 7.07. The zero-order valence-electron chi connectivity index (χ0n) is 24.4. The third kappa shape index (κ3) is 5.01. The second-order valence-electron chi connectivity index (χ2n) is 10.1. The Hall–Kier alpha value is -4.62. The Morgan fingerprint density at radius 2 is 1.95 bits per heavy atom. The number of fused-ring (bicyclic) bond motifs is 2. The van der Waals surface area contributed by atoms with Gasteiger partial charge in [0.2, 0.25) is 0 Å². The van der Waals surface area contributed by atoms with Crippen LogP contribution in [0.3, 0.4) is 0 Å². The highest BCUT2D eigenvalue weighted by Gasteiger charge is 2.34. The van der Waals surface area contributed by atoms with Crippen molar-refractivity contribution in [2.45, 2.75) is 53.3 Å². The third-order valence-electron chi connectivity index (χ3n) is 7.17. The number of carbonyl (C=O) groups is 1. The van der Waals surface area contributed by atoms with Gasteiger partial charge in [-0.25, -0.2) is 9.79 Å². The molecule has 216 valence electrons. The van der Waals surface area contributed by atoms with Crippen molar-refractivity contribution in [1.82, 2.24) is 9.13 Å². The highest BCUT2D eigenvalue weighted by Crippen LogP contribution is 2.36. The molecule has 0 N–H and O–H groups in total. The number of nitrogens with zero attached hydrogens (tertiary/aromatic N) is 4. The van der Waals surface area contributed by atoms with Crippen LogP contribution in [0.25, 0.3) is 17.0 Å². The topological polar surface area (TPSA) is 108 Å². The third-order valence-corrected chi connectivity index (χ3v) is 8.15. The number of aromatic nitrogens is 2. The lowest BCUT2D eigenvalue weighted by molar-refractivity contribution is -0.139. The Labute approximate surface area is 247 Å². The van der Waals surface area contributed by atoms with Gasteiger partial charge in [0.15, 0.2) is 16.3 Å². The van der Waals surface area contributed by atoms with Gasteiger partial charge in [0, 0.05) is 22.2 Å². The van der Waals surface area contributed by atoms with Gasteiger partial charge in [0.05, 0.1) is 47.7 Å². The van der Waals surface area contributed by atoms with E-state index in [9.17, 15) is 14.9 Å². The highest BCUT2D eigenvalue weighted by atomic mass is 32.1. The lowest BCUT2D eigenvalue weighted by Crippen LogP contribution is -2.40. The number of esters is 1. The van der Waals surface area contributed by atoms with Gasteiger partial charge in [-0.1, -0.05) is 35.6 Å². The predicted molar refractivity (Wildman–Crippen MR) is 161 cm³/mol. The predicted octanol–water partition coefficient (Wildman–Crippen LogP) is 4.38. The van der Waals surface area contributed by atoms with Gasteiger partial charge in [-0.05, 0) is 64.5 Å². The lowest BCUT2D eigenvalue weighted by atomic mass is 9.95. The summed E-state index contributed by atoms with van der Waals surface area (Å²) in [5.41, 5.74) is 3.82. The summed E-state index contributed by atoms with van der Waals surface area (Å²) in [7, 11) is 1.55. The number of methoxy groups -OCH3 is 1. The summed E-state index contributed by atoms with van der Waals surface area (Å²) in [5, 5.41) is 10.4. The number of rotatable bonds is 8.